The second kappa shape index (κ2) is 1.81. The minimum absolute atomic E-state index is 0.347. The quantitative estimate of drug-likeness (QED) is 0.418. The van der Waals surface area contributed by atoms with Gasteiger partial charge >= 0.3 is 0 Å². The van der Waals surface area contributed by atoms with Gasteiger partial charge in [0.1, 0.15) is 0 Å². The first-order valence-electron chi connectivity index (χ1n) is 3.15. The summed E-state index contributed by atoms with van der Waals surface area (Å²) in [5, 5.41) is 0. The zero-order chi connectivity index (χ0) is 5.98. The van der Waals surface area contributed by atoms with Gasteiger partial charge < -0.3 is 0 Å². The molecular formula is C6H8. The van der Waals surface area contributed by atoms with Gasteiger partial charge in [0.15, 0.2) is 0 Å². The normalized spacial score (nSPS) is 48.0. The maximum absolute atomic E-state index is 7.15. The van der Waals surface area contributed by atoms with E-state index < -0.39 is 0 Å². The van der Waals surface area contributed by atoms with Crippen LogP contribution in [0.3, 0.4) is 0 Å². The summed E-state index contributed by atoms with van der Waals surface area (Å²) in [6, 6.07) is 0. The molecule has 1 rings (SSSR count). The molecule has 0 bridgehead atoms. The SMILES string of the molecule is [2H][C@H]1C=CC=C[C@@H]1[2H]. The smallest absolute Gasteiger partial charge is 0.0313 e. The lowest BCUT2D eigenvalue weighted by atomic mass is 10.2. The van der Waals surface area contributed by atoms with Crippen LogP contribution in [0.25, 0.3) is 0 Å². The van der Waals surface area contributed by atoms with E-state index in [0.717, 1.165) is 0 Å². The molecule has 0 amide bonds. The highest BCUT2D eigenvalue weighted by molar-refractivity contribution is 5.07. The van der Waals surface area contributed by atoms with Gasteiger partial charge in [0.05, 0.1) is 0 Å². The van der Waals surface area contributed by atoms with Crippen molar-refractivity contribution in [3.05, 3.63) is 24.3 Å². The molecule has 0 aromatic carbocycles. The van der Waals surface area contributed by atoms with Crippen LogP contribution in [0.1, 0.15) is 15.5 Å². The Labute approximate surface area is 41.0 Å². The standard InChI is InChI=1S/C6H8/c1-2-4-6-5-3-1/h1-4H,5-6H2/i5D,6D/t5-,6-/m0/s1. The summed E-state index contributed by atoms with van der Waals surface area (Å²) >= 11 is 0. The molecule has 0 N–H and O–H groups in total. The monoisotopic (exact) mass is 82.1 g/mol. The molecule has 0 aromatic rings. The number of allylic oxidation sites excluding steroid dienone is 4. The lowest BCUT2D eigenvalue weighted by molar-refractivity contribution is 1.04. The molecule has 0 saturated carbocycles. The predicted molar refractivity (Wildman–Crippen MR) is 27.5 cm³/mol. The Balaban J connectivity index is 2.59. The van der Waals surface area contributed by atoms with E-state index in [1.165, 1.54) is 0 Å². The fraction of sp³-hybridized carbons (Fsp3) is 0.333. The topological polar surface area (TPSA) is 0 Å². The Morgan fingerprint density at radius 3 is 2.00 bits per heavy atom. The van der Waals surface area contributed by atoms with Gasteiger partial charge in [-0.25, -0.2) is 0 Å². The minimum atomic E-state index is -0.347. The Morgan fingerprint density at radius 2 is 1.67 bits per heavy atom. The molecule has 2 atom stereocenters. The third kappa shape index (κ3) is 0.713. The first-order valence-corrected chi connectivity index (χ1v) is 2.00. The highest BCUT2D eigenvalue weighted by atomic mass is 13.8. The van der Waals surface area contributed by atoms with Crippen LogP contribution < -0.4 is 0 Å². The molecule has 0 unspecified atom stereocenters. The number of rotatable bonds is 0. The zero-order valence-electron chi connectivity index (χ0n) is 5.46. The molecule has 0 nitrogen and oxygen atoms in total. The van der Waals surface area contributed by atoms with Crippen molar-refractivity contribution < 1.29 is 2.74 Å². The lowest BCUT2D eigenvalue weighted by Gasteiger charge is -1.88. The molecular weight excluding hydrogens is 72.1 g/mol. The summed E-state index contributed by atoms with van der Waals surface area (Å²) in [6.45, 7) is 0. The molecule has 0 radical (unpaired) electrons. The van der Waals surface area contributed by atoms with Gasteiger partial charge in [-0.15, -0.1) is 0 Å². The van der Waals surface area contributed by atoms with Gasteiger partial charge in [0.25, 0.3) is 0 Å². The predicted octanol–water partition coefficient (Wildman–Crippen LogP) is 1.89. The first-order chi connectivity index (χ1) is 3.80. The van der Waals surface area contributed by atoms with Crippen molar-refractivity contribution >= 4 is 0 Å². The summed E-state index contributed by atoms with van der Waals surface area (Å²) in [7, 11) is 0. The molecule has 0 aromatic heterocycles. The molecule has 32 valence electrons. The van der Waals surface area contributed by atoms with Crippen LogP contribution in [-0.4, -0.2) is 0 Å². The van der Waals surface area contributed by atoms with E-state index in [-0.39, 0.29) is 12.8 Å². The maximum Gasteiger partial charge on any atom is 0.0313 e. The molecule has 0 saturated heterocycles. The number of hydrogen-bond donors (Lipinski definition) is 0. The van der Waals surface area contributed by atoms with E-state index in [4.69, 9.17) is 2.74 Å². The fourth-order valence-corrected chi connectivity index (χ4v) is 0.385. The second-order valence-corrected chi connectivity index (χ2v) is 1.15. The largest absolute Gasteiger partial charge is 0.0842 e. The highest BCUT2D eigenvalue weighted by Crippen LogP contribution is 1.98. The van der Waals surface area contributed by atoms with Crippen molar-refractivity contribution in [3.63, 3.8) is 0 Å². The summed E-state index contributed by atoms with van der Waals surface area (Å²) in [5.41, 5.74) is 0. The highest BCUT2D eigenvalue weighted by Gasteiger charge is 1.77. The van der Waals surface area contributed by atoms with Crippen molar-refractivity contribution in [2.24, 2.45) is 0 Å². The third-order valence-corrected chi connectivity index (χ3v) is 0.667. The minimum Gasteiger partial charge on any atom is -0.0842 e. The van der Waals surface area contributed by atoms with Crippen LogP contribution in [0.2, 0.25) is 0 Å². The number of hydrogen-bond acceptors (Lipinski definition) is 0. The van der Waals surface area contributed by atoms with Crippen LogP contribution in [0.4, 0.5) is 0 Å². The first kappa shape index (κ1) is 1.97. The van der Waals surface area contributed by atoms with Crippen molar-refractivity contribution in [2.45, 2.75) is 12.8 Å². The zero-order valence-corrected chi connectivity index (χ0v) is 3.46. The van der Waals surface area contributed by atoms with Gasteiger partial charge in [0.2, 0.25) is 0 Å². The molecule has 1 aliphatic rings. The van der Waals surface area contributed by atoms with Crippen molar-refractivity contribution in [1.82, 2.24) is 0 Å². The van der Waals surface area contributed by atoms with E-state index in [1.807, 2.05) is 12.2 Å². The Morgan fingerprint density at radius 1 is 1.17 bits per heavy atom. The Kier molecular flexibility index (Phi) is 0.592. The molecule has 0 spiro atoms. The summed E-state index contributed by atoms with van der Waals surface area (Å²) in [5.74, 6) is 0. The molecule has 0 aliphatic heterocycles. The molecule has 6 heavy (non-hydrogen) atoms. The van der Waals surface area contributed by atoms with Gasteiger partial charge in [-0.05, 0) is 12.8 Å². The Bertz CT molecular complexity index is 110. The van der Waals surface area contributed by atoms with Crippen LogP contribution >= 0.6 is 0 Å². The second-order valence-electron chi connectivity index (χ2n) is 1.15. The summed E-state index contributed by atoms with van der Waals surface area (Å²) in [6.07, 6.45) is 6.36. The van der Waals surface area contributed by atoms with Crippen molar-refractivity contribution in [2.75, 3.05) is 0 Å². The van der Waals surface area contributed by atoms with E-state index in [2.05, 4.69) is 0 Å². The van der Waals surface area contributed by atoms with Crippen LogP contribution in [-0.2, 0) is 0 Å². The molecule has 0 heterocycles. The van der Waals surface area contributed by atoms with Crippen LogP contribution in [0, 0.1) is 0 Å². The fourth-order valence-electron chi connectivity index (χ4n) is 0.385. The summed E-state index contributed by atoms with van der Waals surface area (Å²) in [4.78, 5) is 0. The van der Waals surface area contributed by atoms with Gasteiger partial charge in [0, 0.05) is 2.74 Å². The lowest BCUT2D eigenvalue weighted by Crippen LogP contribution is -1.67. The van der Waals surface area contributed by atoms with Crippen LogP contribution in [0.5, 0.6) is 0 Å². The third-order valence-electron chi connectivity index (χ3n) is 0.667. The van der Waals surface area contributed by atoms with E-state index in [9.17, 15) is 0 Å². The van der Waals surface area contributed by atoms with Crippen molar-refractivity contribution in [3.8, 4) is 0 Å². The van der Waals surface area contributed by atoms with Gasteiger partial charge in [-0.1, -0.05) is 24.3 Å². The molecule has 0 heteroatoms. The Hall–Kier alpha value is -0.520. The molecule has 0 fully saturated rings. The average molecular weight is 82.1 g/mol. The molecule has 1 aliphatic carbocycles. The van der Waals surface area contributed by atoms with E-state index >= 15 is 0 Å². The summed E-state index contributed by atoms with van der Waals surface area (Å²) < 4.78 is 14.3. The average Bonchev–Trinajstić information content (AvgIpc) is 1.77. The van der Waals surface area contributed by atoms with Crippen molar-refractivity contribution in [1.29, 1.82) is 0 Å². The van der Waals surface area contributed by atoms with Gasteiger partial charge in [-0.3, -0.25) is 0 Å². The van der Waals surface area contributed by atoms with E-state index in [0.29, 0.717) is 0 Å². The van der Waals surface area contributed by atoms with Gasteiger partial charge in [-0.2, -0.15) is 0 Å². The van der Waals surface area contributed by atoms with Crippen LogP contribution in [0.15, 0.2) is 24.3 Å². The van der Waals surface area contributed by atoms with E-state index in [1.54, 1.807) is 12.2 Å². The maximum atomic E-state index is 7.15.